The maximum Gasteiger partial charge on any atom is 0.0578 e. The van der Waals surface area contributed by atoms with E-state index in [9.17, 15) is 5.11 Å². The van der Waals surface area contributed by atoms with E-state index in [2.05, 4.69) is 34.6 Å². The van der Waals surface area contributed by atoms with Gasteiger partial charge in [-0.3, -0.25) is 4.98 Å². The van der Waals surface area contributed by atoms with E-state index in [-0.39, 0.29) is 18.1 Å². The first-order valence-electron chi connectivity index (χ1n) is 8.20. The minimum Gasteiger partial charge on any atom is -0.396 e. The number of aliphatic hydroxyl groups is 1. The van der Waals surface area contributed by atoms with Crippen LogP contribution in [0.4, 0.5) is 0 Å². The summed E-state index contributed by atoms with van der Waals surface area (Å²) in [5, 5.41) is 13.6. The predicted octanol–water partition coefficient (Wildman–Crippen LogP) is 2.55. The molecule has 1 aromatic carbocycles. The van der Waals surface area contributed by atoms with Crippen LogP contribution in [0.3, 0.4) is 0 Å². The average Bonchev–Trinajstić information content (AvgIpc) is 2.64. The highest BCUT2D eigenvalue weighted by Gasteiger charge is 2.32. The number of rotatable bonds is 6. The SMILES string of the molecule is OCC1(CNC(c2ccccc2)c2ccncc2)CCOCC1. The molecule has 0 bridgehead atoms. The summed E-state index contributed by atoms with van der Waals surface area (Å²) in [5.41, 5.74) is 2.32. The van der Waals surface area contributed by atoms with Crippen LogP contribution in [0, 0.1) is 5.41 Å². The van der Waals surface area contributed by atoms with Gasteiger partial charge in [-0.25, -0.2) is 0 Å². The molecule has 1 aliphatic rings. The third-order valence-electron chi connectivity index (χ3n) is 4.74. The molecule has 1 aliphatic heterocycles. The van der Waals surface area contributed by atoms with Crippen LogP contribution in [-0.4, -0.2) is 36.5 Å². The van der Waals surface area contributed by atoms with Crippen LogP contribution in [0.25, 0.3) is 0 Å². The van der Waals surface area contributed by atoms with Gasteiger partial charge in [0.15, 0.2) is 0 Å². The van der Waals surface area contributed by atoms with Crippen molar-refractivity contribution >= 4 is 0 Å². The minimum atomic E-state index is -0.0850. The summed E-state index contributed by atoms with van der Waals surface area (Å²) in [4.78, 5) is 4.12. The molecule has 2 N–H and O–H groups in total. The zero-order valence-electron chi connectivity index (χ0n) is 13.3. The molecule has 0 amide bonds. The Labute approximate surface area is 137 Å². The van der Waals surface area contributed by atoms with Crippen LogP contribution in [0.2, 0.25) is 0 Å². The van der Waals surface area contributed by atoms with Crippen molar-refractivity contribution in [2.24, 2.45) is 5.41 Å². The molecule has 3 rings (SSSR count). The molecule has 2 aromatic rings. The van der Waals surface area contributed by atoms with E-state index in [1.54, 1.807) is 0 Å². The van der Waals surface area contributed by atoms with Crippen molar-refractivity contribution in [2.75, 3.05) is 26.4 Å². The highest BCUT2D eigenvalue weighted by molar-refractivity contribution is 5.30. The van der Waals surface area contributed by atoms with E-state index in [1.165, 1.54) is 11.1 Å². The molecule has 1 fully saturated rings. The molecule has 1 aromatic heterocycles. The molecule has 2 heterocycles. The molecule has 1 unspecified atom stereocenters. The number of hydrogen-bond donors (Lipinski definition) is 2. The summed E-state index contributed by atoms with van der Waals surface area (Å²) in [5.74, 6) is 0. The lowest BCUT2D eigenvalue weighted by molar-refractivity contribution is -0.0160. The lowest BCUT2D eigenvalue weighted by atomic mass is 9.80. The molecule has 0 spiro atoms. The van der Waals surface area contributed by atoms with Crippen LogP contribution >= 0.6 is 0 Å². The van der Waals surface area contributed by atoms with E-state index in [4.69, 9.17) is 4.74 Å². The van der Waals surface area contributed by atoms with Gasteiger partial charge in [-0.05, 0) is 36.1 Å². The van der Waals surface area contributed by atoms with Crippen molar-refractivity contribution in [3.63, 3.8) is 0 Å². The lowest BCUT2D eigenvalue weighted by Gasteiger charge is -2.37. The van der Waals surface area contributed by atoms with Crippen molar-refractivity contribution in [2.45, 2.75) is 18.9 Å². The van der Waals surface area contributed by atoms with E-state index in [0.29, 0.717) is 0 Å². The number of aliphatic hydroxyl groups excluding tert-OH is 1. The average molecular weight is 312 g/mol. The van der Waals surface area contributed by atoms with E-state index < -0.39 is 0 Å². The van der Waals surface area contributed by atoms with Gasteiger partial charge in [0.05, 0.1) is 12.6 Å². The maximum absolute atomic E-state index is 9.89. The zero-order valence-corrected chi connectivity index (χ0v) is 13.3. The first-order chi connectivity index (χ1) is 11.3. The quantitative estimate of drug-likeness (QED) is 0.861. The Kier molecular flexibility index (Phi) is 5.39. The van der Waals surface area contributed by atoms with Crippen molar-refractivity contribution < 1.29 is 9.84 Å². The predicted molar refractivity (Wildman–Crippen MR) is 90.1 cm³/mol. The summed E-state index contributed by atoms with van der Waals surface area (Å²) in [7, 11) is 0. The summed E-state index contributed by atoms with van der Waals surface area (Å²) in [6.45, 7) is 2.43. The fourth-order valence-corrected chi connectivity index (χ4v) is 3.14. The Bertz CT molecular complexity index is 543. The molecule has 4 nitrogen and oxygen atoms in total. The number of nitrogens with one attached hydrogen (secondary N) is 1. The first-order valence-corrected chi connectivity index (χ1v) is 8.20. The van der Waals surface area contributed by atoms with Crippen molar-refractivity contribution in [1.82, 2.24) is 10.3 Å². The van der Waals surface area contributed by atoms with Crippen LogP contribution in [0.15, 0.2) is 54.9 Å². The monoisotopic (exact) mass is 312 g/mol. The number of hydrogen-bond acceptors (Lipinski definition) is 4. The van der Waals surface area contributed by atoms with E-state index in [1.807, 2.05) is 30.6 Å². The molecule has 1 saturated heterocycles. The fraction of sp³-hybridized carbons (Fsp3) is 0.421. The minimum absolute atomic E-state index is 0.0850. The molecule has 0 saturated carbocycles. The van der Waals surface area contributed by atoms with Gasteiger partial charge in [0, 0.05) is 37.6 Å². The summed E-state index contributed by atoms with van der Waals surface area (Å²) < 4.78 is 5.46. The molecule has 23 heavy (non-hydrogen) atoms. The second-order valence-electron chi connectivity index (χ2n) is 6.28. The van der Waals surface area contributed by atoms with E-state index in [0.717, 1.165) is 32.6 Å². The second kappa shape index (κ2) is 7.68. The van der Waals surface area contributed by atoms with Gasteiger partial charge in [-0.15, -0.1) is 0 Å². The standard InChI is InChI=1S/C19H24N2O2/c22-15-19(8-12-23-13-9-19)14-21-18(16-4-2-1-3-5-16)17-6-10-20-11-7-17/h1-7,10-11,18,21-22H,8-9,12-15H2. The molecule has 122 valence electrons. The van der Waals surface area contributed by atoms with Gasteiger partial charge in [0.2, 0.25) is 0 Å². The Morgan fingerprint density at radius 1 is 1.04 bits per heavy atom. The van der Waals surface area contributed by atoms with Crippen molar-refractivity contribution in [1.29, 1.82) is 0 Å². The third-order valence-corrected chi connectivity index (χ3v) is 4.74. The molecule has 1 atom stereocenters. The van der Waals surface area contributed by atoms with Crippen molar-refractivity contribution in [3.8, 4) is 0 Å². The highest BCUT2D eigenvalue weighted by Crippen LogP contribution is 2.31. The number of aromatic nitrogens is 1. The molecular weight excluding hydrogens is 288 g/mol. The smallest absolute Gasteiger partial charge is 0.0578 e. The van der Waals surface area contributed by atoms with Crippen LogP contribution in [0.5, 0.6) is 0 Å². The van der Waals surface area contributed by atoms with Gasteiger partial charge < -0.3 is 15.2 Å². The van der Waals surface area contributed by atoms with Crippen LogP contribution in [-0.2, 0) is 4.74 Å². The Morgan fingerprint density at radius 2 is 1.70 bits per heavy atom. The first kappa shape index (κ1) is 16.1. The van der Waals surface area contributed by atoms with E-state index >= 15 is 0 Å². The second-order valence-corrected chi connectivity index (χ2v) is 6.28. The number of nitrogens with zero attached hydrogens (tertiary/aromatic N) is 1. The Morgan fingerprint density at radius 3 is 2.35 bits per heavy atom. The van der Waals surface area contributed by atoms with Crippen LogP contribution in [0.1, 0.15) is 30.0 Å². The van der Waals surface area contributed by atoms with Crippen LogP contribution < -0.4 is 5.32 Å². The Balaban J connectivity index is 1.79. The summed E-state index contributed by atoms with van der Waals surface area (Å²) in [6.07, 6.45) is 5.44. The third kappa shape index (κ3) is 3.96. The van der Waals surface area contributed by atoms with Gasteiger partial charge in [-0.2, -0.15) is 0 Å². The topological polar surface area (TPSA) is 54.4 Å². The summed E-state index contributed by atoms with van der Waals surface area (Å²) >= 11 is 0. The number of benzene rings is 1. The lowest BCUT2D eigenvalue weighted by Crippen LogP contribution is -2.43. The van der Waals surface area contributed by atoms with Gasteiger partial charge >= 0.3 is 0 Å². The maximum atomic E-state index is 9.89. The Hall–Kier alpha value is -1.75. The summed E-state index contributed by atoms with van der Waals surface area (Å²) in [6, 6.07) is 14.6. The zero-order chi connectivity index (χ0) is 16.0. The van der Waals surface area contributed by atoms with Gasteiger partial charge in [0.1, 0.15) is 0 Å². The molecule has 0 aliphatic carbocycles. The number of pyridine rings is 1. The van der Waals surface area contributed by atoms with Crippen molar-refractivity contribution in [3.05, 3.63) is 66.0 Å². The molecule has 4 heteroatoms. The normalized spacial score (nSPS) is 18.5. The van der Waals surface area contributed by atoms with Gasteiger partial charge in [0.25, 0.3) is 0 Å². The molecular formula is C19H24N2O2. The fourth-order valence-electron chi connectivity index (χ4n) is 3.14. The number of ether oxygens (including phenoxy) is 1. The highest BCUT2D eigenvalue weighted by atomic mass is 16.5. The molecule has 0 radical (unpaired) electrons. The van der Waals surface area contributed by atoms with Gasteiger partial charge in [-0.1, -0.05) is 30.3 Å². The largest absolute Gasteiger partial charge is 0.396 e.